The Labute approximate surface area is 136 Å². The van der Waals surface area contributed by atoms with Crippen molar-refractivity contribution in [2.75, 3.05) is 0 Å². The highest BCUT2D eigenvalue weighted by atomic mass is 16.5. The van der Waals surface area contributed by atoms with Gasteiger partial charge in [-0.25, -0.2) is 0 Å². The second kappa shape index (κ2) is 7.20. The van der Waals surface area contributed by atoms with Crippen LogP contribution in [0, 0.1) is 0 Å². The number of pyridine rings is 1. The smallest absolute Gasteiger partial charge is 0.151 e. The van der Waals surface area contributed by atoms with Gasteiger partial charge in [0.2, 0.25) is 0 Å². The molecule has 0 atom stereocenters. The zero-order chi connectivity index (χ0) is 16.1. The van der Waals surface area contributed by atoms with Crippen LogP contribution >= 0.6 is 0 Å². The largest absolute Gasteiger partial charge is 0.359 e. The first kappa shape index (κ1) is 15.4. The third-order valence-corrected chi connectivity index (χ3v) is 3.83. The van der Waals surface area contributed by atoms with Gasteiger partial charge in [-0.3, -0.25) is 9.88 Å². The highest BCUT2D eigenvalue weighted by Crippen LogP contribution is 2.20. The maximum absolute atomic E-state index is 5.53. The van der Waals surface area contributed by atoms with Crippen LogP contribution in [0.25, 0.3) is 11.3 Å². The van der Waals surface area contributed by atoms with Crippen molar-refractivity contribution in [2.45, 2.75) is 33.0 Å². The van der Waals surface area contributed by atoms with Crippen molar-refractivity contribution in [3.63, 3.8) is 0 Å². The van der Waals surface area contributed by atoms with Gasteiger partial charge in [-0.05, 0) is 25.5 Å². The molecular weight excluding hydrogens is 286 g/mol. The van der Waals surface area contributed by atoms with Crippen LogP contribution in [0.3, 0.4) is 0 Å². The fraction of sp³-hybridized carbons (Fsp3) is 0.263. The summed E-state index contributed by atoms with van der Waals surface area (Å²) in [6, 6.07) is 16.6. The van der Waals surface area contributed by atoms with Crippen LogP contribution in [-0.2, 0) is 13.1 Å². The number of hydrogen-bond donors (Lipinski definition) is 0. The van der Waals surface area contributed by atoms with E-state index in [4.69, 9.17) is 4.52 Å². The van der Waals surface area contributed by atoms with Crippen LogP contribution < -0.4 is 0 Å². The predicted molar refractivity (Wildman–Crippen MR) is 90.6 cm³/mol. The molecule has 23 heavy (non-hydrogen) atoms. The van der Waals surface area contributed by atoms with Crippen LogP contribution in [0.1, 0.15) is 25.2 Å². The molecule has 3 rings (SSSR count). The lowest BCUT2D eigenvalue weighted by Gasteiger charge is -2.25. The quantitative estimate of drug-likeness (QED) is 0.686. The van der Waals surface area contributed by atoms with Gasteiger partial charge in [0.15, 0.2) is 5.76 Å². The summed E-state index contributed by atoms with van der Waals surface area (Å²) in [5.41, 5.74) is 3.15. The second-order valence-corrected chi connectivity index (χ2v) is 5.90. The predicted octanol–water partition coefficient (Wildman–Crippen LogP) is 4.15. The average molecular weight is 307 g/mol. The molecule has 118 valence electrons. The van der Waals surface area contributed by atoms with E-state index in [0.29, 0.717) is 6.04 Å². The van der Waals surface area contributed by atoms with E-state index in [0.717, 1.165) is 30.1 Å². The van der Waals surface area contributed by atoms with E-state index in [2.05, 4.69) is 35.0 Å². The fourth-order valence-electron chi connectivity index (χ4n) is 2.48. The lowest BCUT2D eigenvalue weighted by Crippen LogP contribution is -2.29. The van der Waals surface area contributed by atoms with Gasteiger partial charge in [-0.1, -0.05) is 41.6 Å². The van der Waals surface area contributed by atoms with Gasteiger partial charge in [0.05, 0.1) is 6.54 Å². The molecule has 0 spiro atoms. The Morgan fingerprint density at radius 3 is 2.57 bits per heavy atom. The molecule has 4 nitrogen and oxygen atoms in total. The first-order valence-electron chi connectivity index (χ1n) is 7.86. The van der Waals surface area contributed by atoms with E-state index >= 15 is 0 Å². The van der Waals surface area contributed by atoms with Gasteiger partial charge in [0.1, 0.15) is 5.69 Å². The average Bonchev–Trinajstić information content (AvgIpc) is 3.04. The van der Waals surface area contributed by atoms with Crippen LogP contribution in [0.15, 0.2) is 65.4 Å². The zero-order valence-corrected chi connectivity index (χ0v) is 13.5. The van der Waals surface area contributed by atoms with E-state index < -0.39 is 0 Å². The van der Waals surface area contributed by atoms with Gasteiger partial charge in [0.25, 0.3) is 0 Å². The molecule has 0 aliphatic rings. The van der Waals surface area contributed by atoms with Gasteiger partial charge in [-0.15, -0.1) is 0 Å². The first-order valence-corrected chi connectivity index (χ1v) is 7.86. The molecular formula is C19H21N3O. The van der Waals surface area contributed by atoms with Crippen LogP contribution in [0.4, 0.5) is 0 Å². The minimum atomic E-state index is 0.403. The van der Waals surface area contributed by atoms with E-state index in [1.54, 1.807) is 6.20 Å². The van der Waals surface area contributed by atoms with E-state index in [1.807, 2.05) is 48.7 Å². The SMILES string of the molecule is CC(C)N(Cc1cccnc1)Cc1cc(-c2ccccc2)no1. The van der Waals surface area contributed by atoms with E-state index in [-0.39, 0.29) is 0 Å². The maximum Gasteiger partial charge on any atom is 0.151 e. The summed E-state index contributed by atoms with van der Waals surface area (Å²) in [6.45, 7) is 5.94. The van der Waals surface area contributed by atoms with Gasteiger partial charge < -0.3 is 4.52 Å². The summed E-state index contributed by atoms with van der Waals surface area (Å²) in [5.74, 6) is 0.876. The molecule has 0 unspecified atom stereocenters. The Hall–Kier alpha value is -2.46. The van der Waals surface area contributed by atoms with Crippen molar-refractivity contribution in [3.8, 4) is 11.3 Å². The topological polar surface area (TPSA) is 42.2 Å². The Kier molecular flexibility index (Phi) is 4.83. The van der Waals surface area contributed by atoms with Crippen molar-refractivity contribution in [1.82, 2.24) is 15.0 Å². The van der Waals surface area contributed by atoms with Crippen molar-refractivity contribution in [2.24, 2.45) is 0 Å². The van der Waals surface area contributed by atoms with E-state index in [1.165, 1.54) is 5.56 Å². The van der Waals surface area contributed by atoms with Crippen LogP contribution in [0.2, 0.25) is 0 Å². The van der Waals surface area contributed by atoms with E-state index in [9.17, 15) is 0 Å². The van der Waals surface area contributed by atoms with Crippen molar-refractivity contribution in [3.05, 3.63) is 72.2 Å². The molecule has 0 N–H and O–H groups in total. The summed E-state index contributed by atoms with van der Waals surface area (Å²) in [7, 11) is 0. The Morgan fingerprint density at radius 2 is 1.87 bits per heavy atom. The molecule has 0 radical (unpaired) electrons. The second-order valence-electron chi connectivity index (χ2n) is 5.90. The minimum Gasteiger partial charge on any atom is -0.359 e. The van der Waals surface area contributed by atoms with Crippen LogP contribution in [-0.4, -0.2) is 21.1 Å². The molecule has 0 saturated carbocycles. The highest BCUT2D eigenvalue weighted by Gasteiger charge is 2.15. The molecule has 0 bridgehead atoms. The monoisotopic (exact) mass is 307 g/mol. The summed E-state index contributed by atoms with van der Waals surface area (Å²) in [6.07, 6.45) is 3.71. The van der Waals surface area contributed by atoms with Crippen LogP contribution in [0.5, 0.6) is 0 Å². The molecule has 3 aromatic rings. The molecule has 2 heterocycles. The zero-order valence-electron chi connectivity index (χ0n) is 13.5. The fourth-order valence-corrected chi connectivity index (χ4v) is 2.48. The summed E-state index contributed by atoms with van der Waals surface area (Å²) < 4.78 is 5.53. The Morgan fingerprint density at radius 1 is 1.04 bits per heavy atom. The molecule has 0 aliphatic heterocycles. The molecule has 1 aromatic carbocycles. The summed E-state index contributed by atoms with van der Waals surface area (Å²) in [5, 5.41) is 4.19. The number of hydrogen-bond acceptors (Lipinski definition) is 4. The summed E-state index contributed by atoms with van der Waals surface area (Å²) >= 11 is 0. The van der Waals surface area contributed by atoms with Crippen molar-refractivity contribution < 1.29 is 4.52 Å². The van der Waals surface area contributed by atoms with Gasteiger partial charge in [-0.2, -0.15) is 0 Å². The molecule has 0 saturated heterocycles. The lowest BCUT2D eigenvalue weighted by molar-refractivity contribution is 0.180. The maximum atomic E-state index is 5.53. The van der Waals surface area contributed by atoms with Gasteiger partial charge in [0, 0.05) is 36.6 Å². The number of nitrogens with zero attached hydrogens (tertiary/aromatic N) is 3. The number of aromatic nitrogens is 2. The first-order chi connectivity index (χ1) is 11.2. The normalized spacial score (nSPS) is 11.3. The van der Waals surface area contributed by atoms with Gasteiger partial charge >= 0.3 is 0 Å². The molecule has 0 aliphatic carbocycles. The summed E-state index contributed by atoms with van der Waals surface area (Å²) in [4.78, 5) is 6.53. The Bertz CT molecular complexity index is 723. The third-order valence-electron chi connectivity index (χ3n) is 3.83. The Balaban J connectivity index is 1.72. The van der Waals surface area contributed by atoms with Crippen molar-refractivity contribution >= 4 is 0 Å². The highest BCUT2D eigenvalue weighted by molar-refractivity contribution is 5.58. The van der Waals surface area contributed by atoms with Crippen molar-refractivity contribution in [1.29, 1.82) is 0 Å². The molecule has 0 amide bonds. The number of rotatable bonds is 6. The molecule has 0 fully saturated rings. The minimum absolute atomic E-state index is 0.403. The third kappa shape index (κ3) is 4.05. The molecule has 4 heteroatoms. The lowest BCUT2D eigenvalue weighted by atomic mass is 10.1. The molecule has 2 aromatic heterocycles. The standard InChI is InChI=1S/C19H21N3O/c1-15(2)22(13-16-7-6-10-20-12-16)14-18-11-19(21-23-18)17-8-4-3-5-9-17/h3-12,15H,13-14H2,1-2H3. The number of benzene rings is 1.